The number of hydrogen-bond acceptors (Lipinski definition) is 8. The van der Waals surface area contributed by atoms with Gasteiger partial charge >= 0.3 is 0 Å². The molecular weight excluding hydrogens is 452 g/mol. The minimum atomic E-state index is -3.50. The van der Waals surface area contributed by atoms with E-state index in [0.29, 0.717) is 16.6 Å². The average molecular weight is 475 g/mol. The molecular formula is C21H22N4O5S2. The van der Waals surface area contributed by atoms with Gasteiger partial charge in [0, 0.05) is 18.4 Å². The number of aromatic nitrogens is 1. The minimum absolute atomic E-state index is 0.0238. The van der Waals surface area contributed by atoms with E-state index in [1.54, 1.807) is 25.1 Å². The second-order valence-corrected chi connectivity index (χ2v) is 9.13. The molecule has 0 unspecified atom stereocenters. The first-order valence-corrected chi connectivity index (χ1v) is 12.1. The van der Waals surface area contributed by atoms with E-state index in [4.69, 9.17) is 10.6 Å². The van der Waals surface area contributed by atoms with Gasteiger partial charge in [0.05, 0.1) is 19.4 Å². The molecule has 0 aliphatic carbocycles. The summed E-state index contributed by atoms with van der Waals surface area (Å²) in [4.78, 5) is 25.0. The molecule has 2 N–H and O–H groups in total. The number of nitrogens with one attached hydrogen (secondary N) is 2. The Labute approximate surface area is 189 Å². The van der Waals surface area contributed by atoms with Gasteiger partial charge in [-0.3, -0.25) is 18.3 Å². The number of benzene rings is 1. The summed E-state index contributed by atoms with van der Waals surface area (Å²) in [5.74, 6) is 1.62. The summed E-state index contributed by atoms with van der Waals surface area (Å²) in [5.41, 5.74) is 0.998. The first kappa shape index (κ1) is 24.9. The second-order valence-electron chi connectivity index (χ2n) is 6.46. The largest absolute Gasteiger partial charge is 0.360 e. The van der Waals surface area contributed by atoms with Crippen molar-refractivity contribution >= 4 is 44.8 Å². The number of hydrogen-bond donors (Lipinski definition) is 2. The van der Waals surface area contributed by atoms with Gasteiger partial charge in [-0.15, -0.1) is 17.8 Å². The van der Waals surface area contributed by atoms with Crippen LogP contribution in [0, 0.1) is 23.7 Å². The second kappa shape index (κ2) is 11.3. The lowest BCUT2D eigenvalue weighted by Gasteiger charge is -2.05. The zero-order chi connectivity index (χ0) is 23.7. The van der Waals surface area contributed by atoms with Gasteiger partial charge in [0.25, 0.3) is 21.6 Å². The van der Waals surface area contributed by atoms with Gasteiger partial charge < -0.3 is 10.6 Å². The van der Waals surface area contributed by atoms with Crippen LogP contribution < -0.4 is 25.4 Å². The predicted octanol–water partition coefficient (Wildman–Crippen LogP) is -0.278. The van der Waals surface area contributed by atoms with E-state index in [1.165, 1.54) is 10.8 Å². The van der Waals surface area contributed by atoms with Crippen molar-refractivity contribution in [3.05, 3.63) is 49.4 Å². The standard InChI is InChI=1S/C21H22N4O5S2/c1-4-10-23-19(26)17(13-22)21-25(5-2)20(27)18(31-21)14-24-16-8-6-7-15(12-16)9-11-30-32(3,28)29/h1,6-8,12,14,24H,5,9-11H2,2-3H3,(H,23,26). The fraction of sp³-hybridized carbons (Fsp3) is 0.286. The summed E-state index contributed by atoms with van der Waals surface area (Å²) in [7, 11) is -3.50. The fourth-order valence-electron chi connectivity index (χ4n) is 2.68. The molecule has 2 aromatic rings. The van der Waals surface area contributed by atoms with Gasteiger partial charge in [-0.1, -0.05) is 18.1 Å². The van der Waals surface area contributed by atoms with Crippen molar-refractivity contribution in [2.24, 2.45) is 0 Å². The van der Waals surface area contributed by atoms with Crippen molar-refractivity contribution in [1.29, 1.82) is 5.26 Å². The molecule has 0 aliphatic rings. The first-order chi connectivity index (χ1) is 15.2. The highest BCUT2D eigenvalue weighted by atomic mass is 32.2. The maximum absolute atomic E-state index is 12.7. The summed E-state index contributed by atoms with van der Waals surface area (Å²) in [6.45, 7) is 2.01. The maximum Gasteiger partial charge on any atom is 0.270 e. The molecule has 0 saturated heterocycles. The van der Waals surface area contributed by atoms with E-state index in [0.717, 1.165) is 23.2 Å². The Kier molecular flexibility index (Phi) is 8.79. The Morgan fingerprint density at radius 3 is 2.78 bits per heavy atom. The minimum Gasteiger partial charge on any atom is -0.360 e. The van der Waals surface area contributed by atoms with E-state index >= 15 is 0 Å². The van der Waals surface area contributed by atoms with Crippen LogP contribution in [0.3, 0.4) is 0 Å². The number of rotatable bonds is 9. The lowest BCUT2D eigenvalue weighted by molar-refractivity contribution is -0.115. The number of amides is 1. The van der Waals surface area contributed by atoms with Crippen molar-refractivity contribution < 1.29 is 17.4 Å². The number of anilines is 1. The van der Waals surface area contributed by atoms with E-state index in [-0.39, 0.29) is 35.5 Å². The number of terminal acetylenes is 1. The van der Waals surface area contributed by atoms with Gasteiger partial charge in [-0.05, 0) is 31.0 Å². The summed E-state index contributed by atoms with van der Waals surface area (Å²) in [5, 5.41) is 14.9. The van der Waals surface area contributed by atoms with Crippen LogP contribution in [0.1, 0.15) is 12.5 Å². The molecule has 32 heavy (non-hydrogen) atoms. The number of thiazole rings is 1. The van der Waals surface area contributed by atoms with Gasteiger partial charge in [0.1, 0.15) is 15.3 Å². The van der Waals surface area contributed by atoms with Crippen LogP contribution in [0.5, 0.6) is 0 Å². The monoisotopic (exact) mass is 474 g/mol. The molecule has 1 aromatic carbocycles. The van der Waals surface area contributed by atoms with Crippen LogP contribution in [0.2, 0.25) is 0 Å². The number of carbonyl (C=O) groups excluding carboxylic acids is 1. The third kappa shape index (κ3) is 6.82. The Morgan fingerprint density at radius 2 is 2.16 bits per heavy atom. The molecule has 2 rings (SSSR count). The SMILES string of the molecule is C#CCNC(=O)C(C#N)=c1sc(=CNc2cccc(CCOS(C)(=O)=O)c2)c(=O)n1CC. The highest BCUT2D eigenvalue weighted by molar-refractivity contribution is 7.85. The Bertz CT molecular complexity index is 1360. The maximum atomic E-state index is 12.7. The normalized spacial score (nSPS) is 12.6. The number of carbonyl (C=O) groups is 1. The molecule has 1 aromatic heterocycles. The molecule has 0 aliphatic heterocycles. The van der Waals surface area contributed by atoms with Crippen molar-refractivity contribution in [1.82, 2.24) is 9.88 Å². The van der Waals surface area contributed by atoms with E-state index in [9.17, 15) is 23.3 Å². The molecule has 0 radical (unpaired) electrons. The number of nitrogens with zero attached hydrogens (tertiary/aromatic N) is 2. The van der Waals surface area contributed by atoms with Crippen LogP contribution in [0.4, 0.5) is 5.69 Å². The van der Waals surface area contributed by atoms with Gasteiger partial charge in [-0.25, -0.2) is 0 Å². The third-order valence-corrected chi connectivity index (χ3v) is 5.84. The number of nitriles is 1. The van der Waals surface area contributed by atoms with Gasteiger partial charge in [-0.2, -0.15) is 13.7 Å². The fourth-order valence-corrected chi connectivity index (χ4v) is 4.16. The van der Waals surface area contributed by atoms with Crippen LogP contribution in [-0.2, 0) is 32.1 Å². The van der Waals surface area contributed by atoms with E-state index < -0.39 is 16.0 Å². The summed E-state index contributed by atoms with van der Waals surface area (Å²) in [6.07, 6.45) is 8.02. The zero-order valence-electron chi connectivity index (χ0n) is 17.5. The molecule has 0 spiro atoms. The molecule has 0 saturated carbocycles. The van der Waals surface area contributed by atoms with Crippen LogP contribution in [0.25, 0.3) is 11.8 Å². The molecule has 0 fully saturated rings. The molecule has 9 nitrogen and oxygen atoms in total. The van der Waals surface area contributed by atoms with Crippen LogP contribution in [0.15, 0.2) is 29.1 Å². The van der Waals surface area contributed by atoms with Crippen molar-refractivity contribution in [2.75, 3.05) is 24.7 Å². The van der Waals surface area contributed by atoms with Crippen LogP contribution in [-0.4, -0.2) is 38.3 Å². The quantitative estimate of drug-likeness (QED) is 0.378. The summed E-state index contributed by atoms with van der Waals surface area (Å²) in [6, 6.07) is 9.05. The van der Waals surface area contributed by atoms with Gasteiger partial charge in [0.15, 0.2) is 5.57 Å². The van der Waals surface area contributed by atoms with E-state index in [1.807, 2.05) is 12.1 Å². The molecule has 1 amide bonds. The van der Waals surface area contributed by atoms with Crippen molar-refractivity contribution in [2.45, 2.75) is 19.9 Å². The molecule has 0 atom stereocenters. The van der Waals surface area contributed by atoms with Crippen LogP contribution >= 0.6 is 11.3 Å². The lowest BCUT2D eigenvalue weighted by Crippen LogP contribution is -2.34. The van der Waals surface area contributed by atoms with Crippen molar-refractivity contribution in [3.63, 3.8) is 0 Å². The van der Waals surface area contributed by atoms with Crippen molar-refractivity contribution in [3.8, 4) is 18.4 Å². The molecule has 0 bridgehead atoms. The Morgan fingerprint density at radius 1 is 1.41 bits per heavy atom. The van der Waals surface area contributed by atoms with E-state index in [2.05, 4.69) is 16.6 Å². The Balaban J connectivity index is 2.35. The topological polar surface area (TPSA) is 130 Å². The molecule has 11 heteroatoms. The predicted molar refractivity (Wildman–Crippen MR) is 123 cm³/mol. The highest BCUT2D eigenvalue weighted by Crippen LogP contribution is 2.11. The summed E-state index contributed by atoms with van der Waals surface area (Å²) >= 11 is 1.02. The molecule has 1 heterocycles. The van der Waals surface area contributed by atoms with Gasteiger partial charge in [0.2, 0.25) is 0 Å². The smallest absolute Gasteiger partial charge is 0.270 e. The lowest BCUT2D eigenvalue weighted by atomic mass is 10.1. The third-order valence-electron chi connectivity index (χ3n) is 4.11. The molecule has 168 valence electrons. The summed E-state index contributed by atoms with van der Waals surface area (Å²) < 4.78 is 28.8. The highest BCUT2D eigenvalue weighted by Gasteiger charge is 2.14. The average Bonchev–Trinajstić information content (AvgIpc) is 3.05. The zero-order valence-corrected chi connectivity index (χ0v) is 19.2. The first-order valence-electron chi connectivity index (χ1n) is 9.46. The Hall–Kier alpha value is -3.38.